The molecule has 2 aromatic carbocycles. The number of hydrogen-bond acceptors (Lipinski definition) is 7. The van der Waals surface area contributed by atoms with Gasteiger partial charge in [-0.15, -0.1) is 8.78 Å². The van der Waals surface area contributed by atoms with Crippen LogP contribution in [0.25, 0.3) is 10.9 Å². The zero-order chi connectivity index (χ0) is 29.9. The smallest absolute Gasteiger partial charge is 0.462 e. The highest BCUT2D eigenvalue weighted by molar-refractivity contribution is 6.03. The van der Waals surface area contributed by atoms with Crippen LogP contribution in [0.5, 0.6) is 11.5 Å². The Bertz CT molecular complexity index is 1530. The van der Waals surface area contributed by atoms with E-state index in [9.17, 15) is 28.6 Å². The van der Waals surface area contributed by atoms with Crippen molar-refractivity contribution in [2.24, 2.45) is 0 Å². The Morgan fingerprint density at radius 1 is 1.12 bits per heavy atom. The average molecular weight is 577 g/mol. The SMILES string of the molecule is CC(C)OC(=O)C(C)(C)c1cc2cc(NC(=O)C3(c4ccc5c(c4)OC(F)(F)O5)CC3)c(F)cc2n1C[C@@H](O)CO. The molecule has 5 rings (SSSR count). The number of ether oxygens (including phenoxy) is 3. The van der Waals surface area contributed by atoms with Gasteiger partial charge in [0, 0.05) is 17.1 Å². The van der Waals surface area contributed by atoms with Gasteiger partial charge in [0.05, 0.1) is 42.0 Å². The molecule has 12 heteroatoms. The number of carbonyl (C=O) groups excluding carboxylic acids is 2. The number of esters is 1. The van der Waals surface area contributed by atoms with Crippen molar-refractivity contribution in [1.82, 2.24) is 4.57 Å². The molecule has 1 atom stereocenters. The number of amides is 1. The van der Waals surface area contributed by atoms with Crippen LogP contribution in [0.3, 0.4) is 0 Å². The fraction of sp³-hybridized carbons (Fsp3) is 0.448. The van der Waals surface area contributed by atoms with E-state index in [4.69, 9.17) is 4.74 Å². The third-order valence-electron chi connectivity index (χ3n) is 7.47. The highest BCUT2D eigenvalue weighted by Crippen LogP contribution is 2.52. The van der Waals surface area contributed by atoms with E-state index in [0.717, 1.165) is 0 Å². The number of benzene rings is 2. The Balaban J connectivity index is 1.48. The van der Waals surface area contributed by atoms with Gasteiger partial charge in [-0.25, -0.2) is 4.39 Å². The summed E-state index contributed by atoms with van der Waals surface area (Å²) < 4.78 is 58.3. The molecule has 9 nitrogen and oxygen atoms in total. The fourth-order valence-corrected chi connectivity index (χ4v) is 5.09. The lowest BCUT2D eigenvalue weighted by atomic mass is 9.89. The third kappa shape index (κ3) is 5.21. The van der Waals surface area contributed by atoms with Crippen LogP contribution in [0, 0.1) is 5.82 Å². The van der Waals surface area contributed by atoms with Crippen molar-refractivity contribution >= 4 is 28.5 Å². The van der Waals surface area contributed by atoms with Gasteiger partial charge in [0.15, 0.2) is 11.5 Å². The first-order chi connectivity index (χ1) is 19.2. The van der Waals surface area contributed by atoms with Crippen LogP contribution in [0.2, 0.25) is 0 Å². The summed E-state index contributed by atoms with van der Waals surface area (Å²) in [5, 5.41) is 22.8. The van der Waals surface area contributed by atoms with Gasteiger partial charge in [-0.2, -0.15) is 0 Å². The maximum atomic E-state index is 15.4. The molecule has 0 radical (unpaired) electrons. The third-order valence-corrected chi connectivity index (χ3v) is 7.47. The van der Waals surface area contributed by atoms with E-state index in [2.05, 4.69) is 14.8 Å². The topological polar surface area (TPSA) is 119 Å². The number of rotatable bonds is 9. The van der Waals surface area contributed by atoms with E-state index in [1.165, 1.54) is 30.3 Å². The predicted octanol–water partition coefficient (Wildman–Crippen LogP) is 4.35. The molecule has 3 aromatic rings. The Morgan fingerprint density at radius 2 is 1.80 bits per heavy atom. The van der Waals surface area contributed by atoms with Crippen LogP contribution in [-0.2, 0) is 31.7 Å². The van der Waals surface area contributed by atoms with Crippen molar-refractivity contribution in [3.05, 3.63) is 53.5 Å². The minimum absolute atomic E-state index is 0.116. The number of aliphatic hydroxyl groups is 2. The first kappa shape index (κ1) is 28.7. The molecule has 1 aliphatic carbocycles. The fourth-order valence-electron chi connectivity index (χ4n) is 5.09. The molecule has 0 bridgehead atoms. The van der Waals surface area contributed by atoms with Crippen molar-refractivity contribution in [2.45, 2.75) is 76.4 Å². The zero-order valence-corrected chi connectivity index (χ0v) is 23.0. The number of nitrogens with one attached hydrogen (secondary N) is 1. The number of alkyl halides is 2. The Kier molecular flexibility index (Phi) is 6.98. The van der Waals surface area contributed by atoms with Gasteiger partial charge in [0.2, 0.25) is 5.91 Å². The molecular weight excluding hydrogens is 545 g/mol. The van der Waals surface area contributed by atoms with Crippen LogP contribution >= 0.6 is 0 Å². The summed E-state index contributed by atoms with van der Waals surface area (Å²) in [4.78, 5) is 26.4. The summed E-state index contributed by atoms with van der Waals surface area (Å²) in [7, 11) is 0. The van der Waals surface area contributed by atoms with Crippen molar-refractivity contribution in [3.63, 3.8) is 0 Å². The molecule has 0 spiro atoms. The van der Waals surface area contributed by atoms with Crippen LogP contribution in [-0.4, -0.2) is 51.8 Å². The molecule has 2 aliphatic rings. The highest BCUT2D eigenvalue weighted by Gasteiger charge is 2.53. The molecule has 220 valence electrons. The van der Waals surface area contributed by atoms with Gasteiger partial charge < -0.3 is 34.3 Å². The van der Waals surface area contributed by atoms with Crippen LogP contribution in [0.1, 0.15) is 51.8 Å². The summed E-state index contributed by atoms with van der Waals surface area (Å²) in [5.74, 6) is -2.13. The monoisotopic (exact) mass is 576 g/mol. The summed E-state index contributed by atoms with van der Waals surface area (Å²) in [6.45, 7) is 6.05. The predicted molar refractivity (Wildman–Crippen MR) is 141 cm³/mol. The number of fused-ring (bicyclic) bond motifs is 2. The molecule has 41 heavy (non-hydrogen) atoms. The van der Waals surface area contributed by atoms with Crippen molar-refractivity contribution < 1.29 is 47.2 Å². The zero-order valence-electron chi connectivity index (χ0n) is 23.0. The summed E-state index contributed by atoms with van der Waals surface area (Å²) in [6, 6.07) is 8.41. The molecule has 2 heterocycles. The van der Waals surface area contributed by atoms with E-state index >= 15 is 4.39 Å². The van der Waals surface area contributed by atoms with Crippen molar-refractivity contribution in [2.75, 3.05) is 11.9 Å². The van der Waals surface area contributed by atoms with E-state index < -0.39 is 47.5 Å². The Morgan fingerprint density at radius 3 is 2.44 bits per heavy atom. The number of nitrogens with zero attached hydrogens (tertiary/aromatic N) is 1. The van der Waals surface area contributed by atoms with Crippen molar-refractivity contribution in [3.8, 4) is 11.5 Å². The Hall–Kier alpha value is -3.77. The molecule has 1 aromatic heterocycles. The molecule has 0 unspecified atom stereocenters. The molecule has 1 saturated carbocycles. The minimum atomic E-state index is -3.79. The van der Waals surface area contributed by atoms with Gasteiger partial charge in [-0.3, -0.25) is 9.59 Å². The minimum Gasteiger partial charge on any atom is -0.462 e. The lowest BCUT2D eigenvalue weighted by molar-refractivity contribution is -0.286. The average Bonchev–Trinajstić information content (AvgIpc) is 3.54. The number of halogens is 3. The molecule has 1 amide bonds. The molecule has 1 fully saturated rings. The second kappa shape index (κ2) is 9.95. The van der Waals surface area contributed by atoms with Gasteiger partial charge in [-0.1, -0.05) is 6.07 Å². The standard InChI is InChI=1S/C29H31F3N2O7/c1-15(2)39-26(38)27(3,4)24-10-16-9-20(19(30)12-21(16)34(24)13-18(36)14-35)33-25(37)28(7-8-28)17-5-6-22-23(11-17)41-29(31,32)40-22/h5-6,9-12,15,18,35-36H,7-8,13-14H2,1-4H3,(H,33,37)/t18-/m1/s1. The largest absolute Gasteiger partial charge is 0.586 e. The normalized spacial score (nSPS) is 17.5. The van der Waals surface area contributed by atoms with Gasteiger partial charge in [-0.05, 0) is 70.4 Å². The maximum absolute atomic E-state index is 15.4. The molecule has 0 saturated heterocycles. The van der Waals surface area contributed by atoms with Crippen LogP contribution < -0.4 is 14.8 Å². The molecule has 1 aliphatic heterocycles. The number of hydrogen-bond donors (Lipinski definition) is 3. The number of aromatic nitrogens is 1. The van der Waals surface area contributed by atoms with E-state index in [-0.39, 0.29) is 29.8 Å². The van der Waals surface area contributed by atoms with E-state index in [1.54, 1.807) is 38.3 Å². The second-order valence-electron chi connectivity index (χ2n) is 11.3. The van der Waals surface area contributed by atoms with Gasteiger partial charge in [0.25, 0.3) is 0 Å². The van der Waals surface area contributed by atoms with Crippen LogP contribution in [0.4, 0.5) is 18.9 Å². The quantitative estimate of drug-likeness (QED) is 0.324. The van der Waals surface area contributed by atoms with Crippen LogP contribution in [0.15, 0.2) is 36.4 Å². The van der Waals surface area contributed by atoms with Gasteiger partial charge in [0.1, 0.15) is 11.2 Å². The first-order valence-corrected chi connectivity index (χ1v) is 13.2. The number of aliphatic hydroxyl groups excluding tert-OH is 2. The lowest BCUT2D eigenvalue weighted by Crippen LogP contribution is -2.36. The summed E-state index contributed by atoms with van der Waals surface area (Å²) >= 11 is 0. The summed E-state index contributed by atoms with van der Waals surface area (Å²) in [6.07, 6.45) is -4.51. The number of carbonyl (C=O) groups is 2. The number of anilines is 1. The highest BCUT2D eigenvalue weighted by atomic mass is 19.3. The molecular formula is C29H31F3N2O7. The van der Waals surface area contributed by atoms with E-state index in [1.807, 2.05) is 0 Å². The molecule has 3 N–H and O–H groups in total. The maximum Gasteiger partial charge on any atom is 0.586 e. The van der Waals surface area contributed by atoms with Gasteiger partial charge >= 0.3 is 12.3 Å². The summed E-state index contributed by atoms with van der Waals surface area (Å²) in [5.41, 5.74) is -1.17. The van der Waals surface area contributed by atoms with E-state index in [0.29, 0.717) is 35.0 Å². The lowest BCUT2D eigenvalue weighted by Gasteiger charge is -2.27. The van der Waals surface area contributed by atoms with Crippen molar-refractivity contribution in [1.29, 1.82) is 0 Å². The second-order valence-corrected chi connectivity index (χ2v) is 11.3. The first-order valence-electron chi connectivity index (χ1n) is 13.2. The Labute approximate surface area is 233 Å².